The molecule has 0 rings (SSSR count). The summed E-state index contributed by atoms with van der Waals surface area (Å²) in [5.41, 5.74) is 0. The molecule has 0 aromatic rings. The smallest absolute Gasteiger partial charge is 0.261 e. The fourth-order valence-corrected chi connectivity index (χ4v) is 0.0891. The Kier molecular flexibility index (Phi) is 2.94. The van der Waals surface area contributed by atoms with Crippen molar-refractivity contribution in [1.29, 1.82) is 0 Å². The van der Waals surface area contributed by atoms with Crippen LogP contribution in [0.15, 0.2) is 0 Å². The van der Waals surface area contributed by atoms with Crippen LogP contribution in [0.2, 0.25) is 0 Å². The summed E-state index contributed by atoms with van der Waals surface area (Å²) in [6, 6.07) is 0. The van der Waals surface area contributed by atoms with Crippen LogP contribution in [0, 0.1) is 7.11 Å². The highest BCUT2D eigenvalue weighted by molar-refractivity contribution is 4.29. The molecule has 0 saturated carbocycles. The second-order valence-corrected chi connectivity index (χ2v) is 0.762. The van der Waals surface area contributed by atoms with Crippen molar-refractivity contribution in [3.05, 3.63) is 7.11 Å². The third kappa shape index (κ3) is 3.82. The molecular formula is C3H5F2O. The van der Waals surface area contributed by atoms with Gasteiger partial charge in [0, 0.05) is 0 Å². The van der Waals surface area contributed by atoms with Crippen LogP contribution in [0.25, 0.3) is 0 Å². The summed E-state index contributed by atoms with van der Waals surface area (Å²) in [7, 11) is 2.75. The Balaban J connectivity index is 2.63. The summed E-state index contributed by atoms with van der Waals surface area (Å²) in [4.78, 5) is 0. The monoisotopic (exact) mass is 95.0 g/mol. The fraction of sp³-hybridized carbons (Fsp3) is 0.667. The molecule has 1 nitrogen and oxygen atoms in total. The van der Waals surface area contributed by atoms with Gasteiger partial charge in [0.15, 0.2) is 0 Å². The summed E-state index contributed by atoms with van der Waals surface area (Å²) in [5, 5.41) is 0. The summed E-state index contributed by atoms with van der Waals surface area (Å²) in [6.45, 7) is -0.569. The van der Waals surface area contributed by atoms with E-state index in [1.165, 1.54) is 0 Å². The molecule has 0 fully saturated rings. The van der Waals surface area contributed by atoms with Crippen molar-refractivity contribution in [3.63, 3.8) is 0 Å². The lowest BCUT2D eigenvalue weighted by atomic mass is 10.8. The lowest BCUT2D eigenvalue weighted by Crippen LogP contribution is -1.97. The van der Waals surface area contributed by atoms with E-state index in [1.54, 1.807) is 0 Å². The van der Waals surface area contributed by atoms with Gasteiger partial charge in [-0.15, -0.1) is 0 Å². The molecule has 0 bridgehead atoms. The standard InChI is InChI=1S/C3H5F2O/c1-6-2-3(4)5/h3H,1-2H2. The van der Waals surface area contributed by atoms with Crippen molar-refractivity contribution in [2.45, 2.75) is 6.43 Å². The van der Waals surface area contributed by atoms with Crippen LogP contribution in [0.3, 0.4) is 0 Å². The van der Waals surface area contributed by atoms with Gasteiger partial charge in [-0.1, -0.05) is 0 Å². The van der Waals surface area contributed by atoms with Gasteiger partial charge in [-0.2, -0.15) is 0 Å². The quantitative estimate of drug-likeness (QED) is 0.498. The van der Waals surface area contributed by atoms with Crippen molar-refractivity contribution in [2.75, 3.05) is 6.61 Å². The average Bonchev–Trinajstić information content (AvgIpc) is 1.35. The van der Waals surface area contributed by atoms with Crippen LogP contribution in [0.5, 0.6) is 0 Å². The Labute approximate surface area is 34.9 Å². The maximum atomic E-state index is 10.9. The van der Waals surface area contributed by atoms with Crippen LogP contribution in [-0.2, 0) is 4.74 Å². The first-order valence-electron chi connectivity index (χ1n) is 1.42. The van der Waals surface area contributed by atoms with Crippen molar-refractivity contribution in [3.8, 4) is 0 Å². The predicted molar refractivity (Wildman–Crippen MR) is 17.3 cm³/mol. The highest BCUT2D eigenvalue weighted by Gasteiger charge is 1.96. The fourth-order valence-electron chi connectivity index (χ4n) is 0.0891. The maximum Gasteiger partial charge on any atom is 0.261 e. The van der Waals surface area contributed by atoms with Gasteiger partial charge in [-0.05, 0) is 0 Å². The molecule has 6 heavy (non-hydrogen) atoms. The van der Waals surface area contributed by atoms with Gasteiger partial charge in [0.1, 0.15) is 6.61 Å². The van der Waals surface area contributed by atoms with Crippen LogP contribution < -0.4 is 0 Å². The van der Waals surface area contributed by atoms with Crippen LogP contribution in [-0.4, -0.2) is 13.0 Å². The molecule has 0 heterocycles. The molecular weight excluding hydrogens is 90.0 g/mol. The number of ether oxygens (including phenoxy) is 1. The zero-order valence-corrected chi connectivity index (χ0v) is 3.16. The minimum atomic E-state index is -2.39. The van der Waals surface area contributed by atoms with Gasteiger partial charge in [0.25, 0.3) is 6.43 Å². The number of hydrogen-bond acceptors (Lipinski definition) is 1. The largest absolute Gasteiger partial charge is 0.373 e. The molecule has 0 aromatic carbocycles. The molecule has 0 spiro atoms. The van der Waals surface area contributed by atoms with E-state index >= 15 is 0 Å². The summed E-state index contributed by atoms with van der Waals surface area (Å²) in [5.74, 6) is 0. The summed E-state index contributed by atoms with van der Waals surface area (Å²) < 4.78 is 25.5. The zero-order valence-electron chi connectivity index (χ0n) is 3.16. The zero-order chi connectivity index (χ0) is 4.99. The SMILES string of the molecule is [CH2]OCC(F)F. The lowest BCUT2D eigenvalue weighted by Gasteiger charge is -1.90. The first-order chi connectivity index (χ1) is 2.77. The van der Waals surface area contributed by atoms with E-state index in [0.717, 1.165) is 0 Å². The number of alkyl halides is 2. The van der Waals surface area contributed by atoms with Crippen molar-refractivity contribution in [1.82, 2.24) is 0 Å². The number of rotatable bonds is 2. The van der Waals surface area contributed by atoms with Gasteiger partial charge in [0.05, 0.1) is 7.11 Å². The number of hydrogen-bond donors (Lipinski definition) is 0. The molecule has 3 heteroatoms. The molecule has 0 saturated heterocycles. The van der Waals surface area contributed by atoms with Crippen LogP contribution >= 0.6 is 0 Å². The Morgan fingerprint density at radius 2 is 2.17 bits per heavy atom. The molecule has 0 amide bonds. The van der Waals surface area contributed by atoms with Crippen molar-refractivity contribution >= 4 is 0 Å². The summed E-state index contributed by atoms with van der Waals surface area (Å²) in [6.07, 6.45) is -2.39. The van der Waals surface area contributed by atoms with Gasteiger partial charge in [0.2, 0.25) is 0 Å². The summed E-state index contributed by atoms with van der Waals surface area (Å²) >= 11 is 0. The van der Waals surface area contributed by atoms with E-state index in [9.17, 15) is 8.78 Å². The Bertz CT molecular complexity index is 30.0. The van der Waals surface area contributed by atoms with Gasteiger partial charge >= 0.3 is 0 Å². The number of halogens is 2. The highest BCUT2D eigenvalue weighted by atomic mass is 19.3. The Morgan fingerprint density at radius 1 is 1.67 bits per heavy atom. The molecule has 0 aromatic heterocycles. The van der Waals surface area contributed by atoms with Crippen molar-refractivity contribution < 1.29 is 13.5 Å². The minimum Gasteiger partial charge on any atom is -0.373 e. The van der Waals surface area contributed by atoms with E-state index < -0.39 is 13.0 Å². The molecule has 0 N–H and O–H groups in total. The molecule has 37 valence electrons. The van der Waals surface area contributed by atoms with E-state index in [1.807, 2.05) is 0 Å². The third-order valence-corrected chi connectivity index (χ3v) is 0.244. The molecule has 0 aliphatic heterocycles. The normalized spacial score (nSPS) is 10.0. The van der Waals surface area contributed by atoms with Crippen LogP contribution in [0.4, 0.5) is 8.78 Å². The van der Waals surface area contributed by atoms with E-state index in [0.29, 0.717) is 0 Å². The van der Waals surface area contributed by atoms with E-state index in [-0.39, 0.29) is 0 Å². The lowest BCUT2D eigenvalue weighted by molar-refractivity contribution is 0.0577. The van der Waals surface area contributed by atoms with E-state index in [4.69, 9.17) is 0 Å². The van der Waals surface area contributed by atoms with Crippen molar-refractivity contribution in [2.24, 2.45) is 0 Å². The topological polar surface area (TPSA) is 9.23 Å². The molecule has 1 radical (unpaired) electrons. The highest BCUT2D eigenvalue weighted by Crippen LogP contribution is 1.89. The molecule has 0 unspecified atom stereocenters. The first-order valence-corrected chi connectivity index (χ1v) is 1.42. The average molecular weight is 95.1 g/mol. The Morgan fingerprint density at radius 3 is 2.17 bits per heavy atom. The Hall–Kier alpha value is -0.180. The van der Waals surface area contributed by atoms with Gasteiger partial charge in [-0.3, -0.25) is 0 Å². The first kappa shape index (κ1) is 5.82. The second kappa shape index (κ2) is 3.03. The molecule has 0 aliphatic rings. The predicted octanol–water partition coefficient (Wildman–Crippen LogP) is 1.06. The minimum absolute atomic E-state index is 0.569. The van der Waals surface area contributed by atoms with Crippen LogP contribution in [0.1, 0.15) is 0 Å². The third-order valence-electron chi connectivity index (χ3n) is 0.244. The van der Waals surface area contributed by atoms with Gasteiger partial charge in [-0.25, -0.2) is 8.78 Å². The van der Waals surface area contributed by atoms with Gasteiger partial charge < -0.3 is 4.74 Å². The molecule has 0 atom stereocenters. The second-order valence-electron chi connectivity index (χ2n) is 0.762. The van der Waals surface area contributed by atoms with E-state index in [2.05, 4.69) is 11.8 Å². The molecule has 0 aliphatic carbocycles. The maximum absolute atomic E-state index is 10.9.